The van der Waals surface area contributed by atoms with Crippen molar-refractivity contribution in [3.63, 3.8) is 0 Å². The van der Waals surface area contributed by atoms with Gasteiger partial charge in [0, 0.05) is 34.5 Å². The van der Waals surface area contributed by atoms with E-state index >= 15 is 0 Å². The normalized spacial score (nSPS) is 13.9. The maximum atomic E-state index is 12.0. The van der Waals surface area contributed by atoms with Crippen LogP contribution in [-0.4, -0.2) is 21.7 Å². The van der Waals surface area contributed by atoms with E-state index in [4.69, 9.17) is 16.7 Å². The van der Waals surface area contributed by atoms with Crippen molar-refractivity contribution in [2.75, 3.05) is 0 Å². The first-order chi connectivity index (χ1) is 12.7. The van der Waals surface area contributed by atoms with Crippen LogP contribution in [0.15, 0.2) is 66.9 Å². The van der Waals surface area contributed by atoms with Crippen LogP contribution < -0.4 is 5.32 Å². The van der Waals surface area contributed by atoms with Crippen molar-refractivity contribution in [3.8, 4) is 16.9 Å². The van der Waals surface area contributed by atoms with Gasteiger partial charge in [0.2, 0.25) is 5.91 Å². The average Bonchev–Trinajstić information content (AvgIpc) is 3.37. The third kappa shape index (κ3) is 3.86. The molecule has 0 saturated heterocycles. The number of para-hydroxylation sites is 1. The van der Waals surface area contributed by atoms with Gasteiger partial charge in [0.15, 0.2) is 0 Å². The number of nitrogens with zero attached hydrogens (tertiary/aromatic N) is 2. The molecule has 1 amide bonds. The van der Waals surface area contributed by atoms with Gasteiger partial charge in [0.1, 0.15) is 0 Å². The lowest BCUT2D eigenvalue weighted by atomic mass is 10.1. The number of carbonyl (C=O) groups is 1. The summed E-state index contributed by atoms with van der Waals surface area (Å²) in [7, 11) is 0. The van der Waals surface area contributed by atoms with Gasteiger partial charge >= 0.3 is 0 Å². The van der Waals surface area contributed by atoms with Gasteiger partial charge in [0.05, 0.1) is 11.4 Å². The van der Waals surface area contributed by atoms with E-state index in [9.17, 15) is 4.79 Å². The van der Waals surface area contributed by atoms with Crippen LogP contribution in [0.3, 0.4) is 0 Å². The fourth-order valence-corrected chi connectivity index (χ4v) is 2.82. The summed E-state index contributed by atoms with van der Waals surface area (Å²) >= 11 is 6.00. The van der Waals surface area contributed by atoms with Gasteiger partial charge in [-0.25, -0.2) is 4.68 Å². The first-order valence-electron chi connectivity index (χ1n) is 8.59. The molecule has 4 rings (SSSR count). The number of amides is 1. The van der Waals surface area contributed by atoms with Gasteiger partial charge in [-0.1, -0.05) is 41.9 Å². The highest BCUT2D eigenvalue weighted by molar-refractivity contribution is 6.30. The first-order valence-corrected chi connectivity index (χ1v) is 8.96. The fraction of sp³-hybridized carbons (Fsp3) is 0.143. The number of nitrogens with one attached hydrogen (secondary N) is 1. The zero-order valence-corrected chi connectivity index (χ0v) is 14.9. The number of halogens is 1. The van der Waals surface area contributed by atoms with E-state index in [1.165, 1.54) is 0 Å². The monoisotopic (exact) mass is 363 g/mol. The lowest BCUT2D eigenvalue weighted by Gasteiger charge is -2.01. The second-order valence-corrected chi connectivity index (χ2v) is 6.77. The highest BCUT2D eigenvalue weighted by Gasteiger charge is 2.22. The molecule has 2 aromatic carbocycles. The zero-order valence-electron chi connectivity index (χ0n) is 14.1. The minimum atomic E-state index is -0.0676. The summed E-state index contributed by atoms with van der Waals surface area (Å²) in [5.41, 5.74) is 3.60. The fourth-order valence-electron chi connectivity index (χ4n) is 2.70. The number of rotatable bonds is 5. The van der Waals surface area contributed by atoms with Gasteiger partial charge < -0.3 is 5.32 Å². The number of carbonyl (C=O) groups excluding carboxylic acids is 1. The molecule has 1 N–H and O–H groups in total. The smallest absolute Gasteiger partial charge is 0.244 e. The van der Waals surface area contributed by atoms with Crippen LogP contribution in [0.2, 0.25) is 5.02 Å². The highest BCUT2D eigenvalue weighted by Crippen LogP contribution is 2.26. The molecule has 0 spiro atoms. The molecular weight excluding hydrogens is 346 g/mol. The van der Waals surface area contributed by atoms with Gasteiger partial charge in [-0.2, -0.15) is 5.10 Å². The molecule has 0 bridgehead atoms. The lowest BCUT2D eigenvalue weighted by molar-refractivity contribution is -0.116. The second kappa shape index (κ2) is 7.18. The molecule has 1 aliphatic carbocycles. The van der Waals surface area contributed by atoms with Gasteiger partial charge in [-0.05, 0) is 43.2 Å². The predicted molar refractivity (Wildman–Crippen MR) is 104 cm³/mol. The molecule has 4 nitrogen and oxygen atoms in total. The van der Waals surface area contributed by atoms with Gasteiger partial charge in [-0.3, -0.25) is 4.79 Å². The number of hydrogen-bond donors (Lipinski definition) is 1. The van der Waals surface area contributed by atoms with Gasteiger partial charge in [0.25, 0.3) is 0 Å². The summed E-state index contributed by atoms with van der Waals surface area (Å²) in [6, 6.07) is 17.8. The molecule has 130 valence electrons. The number of hydrogen-bond acceptors (Lipinski definition) is 2. The van der Waals surface area contributed by atoms with Crippen molar-refractivity contribution in [2.24, 2.45) is 0 Å². The van der Waals surface area contributed by atoms with Gasteiger partial charge in [-0.15, -0.1) is 0 Å². The number of benzene rings is 2. The molecule has 26 heavy (non-hydrogen) atoms. The van der Waals surface area contributed by atoms with Crippen molar-refractivity contribution in [3.05, 3.63) is 77.5 Å². The molecule has 0 atom stereocenters. The Hall–Kier alpha value is -2.85. The molecule has 1 saturated carbocycles. The molecule has 5 heteroatoms. The Kier molecular flexibility index (Phi) is 4.59. The Labute approximate surface area is 157 Å². The summed E-state index contributed by atoms with van der Waals surface area (Å²) in [6.45, 7) is 0. The molecular formula is C21H18ClN3O. The molecule has 1 aromatic heterocycles. The van der Waals surface area contributed by atoms with Crippen LogP contribution in [0.5, 0.6) is 0 Å². The third-order valence-electron chi connectivity index (χ3n) is 4.22. The summed E-state index contributed by atoms with van der Waals surface area (Å²) in [5.74, 6) is -0.0676. The summed E-state index contributed by atoms with van der Waals surface area (Å²) in [6.07, 6.45) is 7.46. The third-order valence-corrected chi connectivity index (χ3v) is 4.47. The van der Waals surface area contributed by atoms with Crippen LogP contribution in [-0.2, 0) is 4.79 Å². The predicted octanol–water partition coefficient (Wildman–Crippen LogP) is 4.48. The van der Waals surface area contributed by atoms with Crippen molar-refractivity contribution in [1.29, 1.82) is 0 Å². The minimum absolute atomic E-state index is 0.0676. The quantitative estimate of drug-likeness (QED) is 0.679. The van der Waals surface area contributed by atoms with Crippen LogP contribution >= 0.6 is 11.6 Å². The Bertz CT molecular complexity index is 941. The Morgan fingerprint density at radius 1 is 1.12 bits per heavy atom. The Morgan fingerprint density at radius 3 is 2.54 bits per heavy atom. The summed E-state index contributed by atoms with van der Waals surface area (Å²) < 4.78 is 1.82. The molecule has 1 aliphatic rings. The highest BCUT2D eigenvalue weighted by atomic mass is 35.5. The van der Waals surface area contributed by atoms with Crippen LogP contribution in [0.25, 0.3) is 23.0 Å². The first kappa shape index (κ1) is 16.6. The van der Waals surface area contributed by atoms with E-state index < -0.39 is 0 Å². The van der Waals surface area contributed by atoms with E-state index in [1.807, 2.05) is 71.6 Å². The van der Waals surface area contributed by atoms with Crippen molar-refractivity contribution < 1.29 is 4.79 Å². The molecule has 0 radical (unpaired) electrons. The van der Waals surface area contributed by atoms with Crippen molar-refractivity contribution in [1.82, 2.24) is 15.1 Å². The Morgan fingerprint density at radius 2 is 1.85 bits per heavy atom. The largest absolute Gasteiger partial charge is 0.350 e. The maximum Gasteiger partial charge on any atom is 0.244 e. The zero-order chi connectivity index (χ0) is 17.9. The lowest BCUT2D eigenvalue weighted by Crippen LogP contribution is -2.22. The van der Waals surface area contributed by atoms with E-state index in [1.54, 1.807) is 6.08 Å². The molecule has 0 aliphatic heterocycles. The average molecular weight is 364 g/mol. The van der Waals surface area contributed by atoms with E-state index in [2.05, 4.69) is 5.32 Å². The second-order valence-electron chi connectivity index (χ2n) is 6.34. The van der Waals surface area contributed by atoms with Crippen LogP contribution in [0.4, 0.5) is 0 Å². The molecule has 1 fully saturated rings. The Balaban J connectivity index is 1.69. The van der Waals surface area contributed by atoms with E-state index in [0.717, 1.165) is 35.3 Å². The van der Waals surface area contributed by atoms with Crippen LogP contribution in [0, 0.1) is 0 Å². The summed E-state index contributed by atoms with van der Waals surface area (Å²) in [4.78, 5) is 12.0. The molecule has 1 heterocycles. The number of aromatic nitrogens is 2. The standard InChI is InChI=1S/C21H18ClN3O/c22-17-9-6-15(7-10-17)21-16(8-13-20(26)23-18-11-12-18)14-25(24-21)19-4-2-1-3-5-19/h1-10,13-14,18H,11-12H2,(H,23,26)/b13-8+. The van der Waals surface area contributed by atoms with E-state index in [0.29, 0.717) is 11.1 Å². The minimum Gasteiger partial charge on any atom is -0.350 e. The summed E-state index contributed by atoms with van der Waals surface area (Å²) in [5, 5.41) is 8.36. The van der Waals surface area contributed by atoms with Crippen LogP contribution in [0.1, 0.15) is 18.4 Å². The van der Waals surface area contributed by atoms with Crippen molar-refractivity contribution >= 4 is 23.6 Å². The van der Waals surface area contributed by atoms with E-state index in [-0.39, 0.29) is 5.91 Å². The van der Waals surface area contributed by atoms with Crippen molar-refractivity contribution in [2.45, 2.75) is 18.9 Å². The topological polar surface area (TPSA) is 46.9 Å². The molecule has 0 unspecified atom stereocenters. The maximum absolute atomic E-state index is 12.0. The SMILES string of the molecule is O=C(/C=C/c1cn(-c2ccccc2)nc1-c1ccc(Cl)cc1)NC1CC1. The molecule has 3 aromatic rings.